The van der Waals surface area contributed by atoms with E-state index in [-0.39, 0.29) is 12.5 Å². The molecule has 0 saturated heterocycles. The monoisotopic (exact) mass is 452 g/mol. The average molecular weight is 453 g/mol. The fourth-order valence-corrected chi connectivity index (χ4v) is 4.21. The molecule has 2 aromatic carbocycles. The number of nitrogens with zero attached hydrogens (tertiary/aromatic N) is 3. The molecule has 7 nitrogen and oxygen atoms in total. The van der Waals surface area contributed by atoms with Gasteiger partial charge in [0.15, 0.2) is 22.1 Å². The van der Waals surface area contributed by atoms with E-state index in [1.54, 1.807) is 4.57 Å². The lowest BCUT2D eigenvalue weighted by atomic mass is 9.98. The molecule has 4 rings (SSSR count). The van der Waals surface area contributed by atoms with Crippen molar-refractivity contribution in [2.45, 2.75) is 40.3 Å². The predicted molar refractivity (Wildman–Crippen MR) is 125 cm³/mol. The summed E-state index contributed by atoms with van der Waals surface area (Å²) < 4.78 is 13.7. The van der Waals surface area contributed by atoms with Crippen molar-refractivity contribution in [2.75, 3.05) is 19.8 Å². The fourth-order valence-electron chi connectivity index (χ4n) is 4.02. The number of fused-ring (bicyclic) bond motifs is 1. The van der Waals surface area contributed by atoms with Crippen molar-refractivity contribution in [1.29, 1.82) is 0 Å². The number of hydrogen-bond donors (Lipinski definition) is 1. The molecule has 1 N–H and O–H groups in total. The molecule has 1 aliphatic rings. The Morgan fingerprint density at radius 3 is 2.53 bits per heavy atom. The SMILES string of the molecule is CCOc1cc2c(cc1OCC)CN(C(=O)Cn1c(-c3cccc(C)c3)n[nH]c1=S)CC2. The van der Waals surface area contributed by atoms with Crippen LogP contribution in [0.3, 0.4) is 0 Å². The van der Waals surface area contributed by atoms with Crippen LogP contribution in [0.15, 0.2) is 36.4 Å². The van der Waals surface area contributed by atoms with Gasteiger partial charge in [-0.3, -0.25) is 14.5 Å². The molecule has 0 saturated carbocycles. The Bertz CT molecular complexity index is 1180. The molecule has 0 aliphatic carbocycles. The Morgan fingerprint density at radius 1 is 1.12 bits per heavy atom. The number of nitrogens with one attached hydrogen (secondary N) is 1. The molecule has 168 valence electrons. The number of amides is 1. The van der Waals surface area contributed by atoms with Crippen molar-refractivity contribution >= 4 is 18.1 Å². The maximum Gasteiger partial charge on any atom is 0.242 e. The first-order valence-electron chi connectivity index (χ1n) is 10.9. The highest BCUT2D eigenvalue weighted by atomic mass is 32.1. The van der Waals surface area contributed by atoms with Gasteiger partial charge in [0, 0.05) is 18.7 Å². The summed E-state index contributed by atoms with van der Waals surface area (Å²) in [6.45, 7) is 8.40. The van der Waals surface area contributed by atoms with Gasteiger partial charge in [0.1, 0.15) is 6.54 Å². The molecule has 0 spiro atoms. The molecule has 8 heteroatoms. The number of carbonyl (C=O) groups excluding carboxylic acids is 1. The Morgan fingerprint density at radius 2 is 1.84 bits per heavy atom. The molecule has 32 heavy (non-hydrogen) atoms. The minimum absolute atomic E-state index is 0.00824. The third-order valence-electron chi connectivity index (χ3n) is 5.56. The van der Waals surface area contributed by atoms with E-state index in [1.165, 1.54) is 5.56 Å². The first-order valence-corrected chi connectivity index (χ1v) is 11.3. The van der Waals surface area contributed by atoms with Gasteiger partial charge in [0.05, 0.1) is 13.2 Å². The zero-order valence-electron chi connectivity index (χ0n) is 18.7. The lowest BCUT2D eigenvalue weighted by Gasteiger charge is -2.30. The third kappa shape index (κ3) is 4.55. The van der Waals surface area contributed by atoms with E-state index in [4.69, 9.17) is 21.7 Å². The van der Waals surface area contributed by atoms with Crippen molar-refractivity contribution in [2.24, 2.45) is 0 Å². The van der Waals surface area contributed by atoms with Crippen LogP contribution in [0, 0.1) is 11.7 Å². The van der Waals surface area contributed by atoms with E-state index in [0.29, 0.717) is 36.9 Å². The number of H-pyrrole nitrogens is 1. The van der Waals surface area contributed by atoms with E-state index >= 15 is 0 Å². The first-order chi connectivity index (χ1) is 15.5. The van der Waals surface area contributed by atoms with Crippen LogP contribution in [0.4, 0.5) is 0 Å². The zero-order chi connectivity index (χ0) is 22.7. The zero-order valence-corrected chi connectivity index (χ0v) is 19.5. The summed E-state index contributed by atoms with van der Waals surface area (Å²) >= 11 is 5.42. The average Bonchev–Trinajstić information content (AvgIpc) is 3.14. The van der Waals surface area contributed by atoms with Crippen LogP contribution in [0.25, 0.3) is 11.4 Å². The Hall–Kier alpha value is -3.13. The molecule has 0 fully saturated rings. The third-order valence-corrected chi connectivity index (χ3v) is 5.87. The largest absolute Gasteiger partial charge is 0.490 e. The molecule has 0 bridgehead atoms. The maximum atomic E-state index is 13.2. The highest BCUT2D eigenvalue weighted by Gasteiger charge is 2.24. The van der Waals surface area contributed by atoms with Crippen LogP contribution >= 0.6 is 12.2 Å². The van der Waals surface area contributed by atoms with Gasteiger partial charge >= 0.3 is 0 Å². The normalized spacial score (nSPS) is 13.0. The Labute approximate surface area is 193 Å². The minimum atomic E-state index is 0.00824. The van der Waals surface area contributed by atoms with Crippen LogP contribution in [0.2, 0.25) is 0 Å². The van der Waals surface area contributed by atoms with Gasteiger partial charge in [0.2, 0.25) is 5.91 Å². The summed E-state index contributed by atoms with van der Waals surface area (Å²) in [5.74, 6) is 2.17. The number of aryl methyl sites for hydroxylation is 1. The molecule has 1 amide bonds. The maximum absolute atomic E-state index is 13.2. The van der Waals surface area contributed by atoms with Crippen LogP contribution in [-0.4, -0.2) is 45.3 Å². The standard InChI is InChI=1S/C24H28N4O3S/c1-4-30-20-12-17-9-10-27(14-19(17)13-21(20)31-5-2)22(29)15-28-23(25-26-24(28)32)18-8-6-7-16(3)11-18/h6-8,11-13H,4-5,9-10,14-15H2,1-3H3,(H,26,32). The molecule has 3 aromatic rings. The van der Waals surface area contributed by atoms with Gasteiger partial charge in [0.25, 0.3) is 0 Å². The second-order valence-electron chi connectivity index (χ2n) is 7.81. The summed E-state index contributed by atoms with van der Waals surface area (Å²) in [6.07, 6.45) is 0.773. The number of ether oxygens (including phenoxy) is 2. The predicted octanol–water partition coefficient (Wildman–Crippen LogP) is 4.30. The lowest BCUT2D eigenvalue weighted by Crippen LogP contribution is -2.38. The fraction of sp³-hybridized carbons (Fsp3) is 0.375. The molecule has 0 radical (unpaired) electrons. The van der Waals surface area contributed by atoms with E-state index in [2.05, 4.69) is 10.2 Å². The number of rotatable bonds is 7. The highest BCUT2D eigenvalue weighted by Crippen LogP contribution is 2.34. The summed E-state index contributed by atoms with van der Waals surface area (Å²) in [4.78, 5) is 15.1. The molecule has 1 aliphatic heterocycles. The second kappa shape index (κ2) is 9.56. The van der Waals surface area contributed by atoms with Crippen LogP contribution < -0.4 is 9.47 Å². The topological polar surface area (TPSA) is 72.4 Å². The van der Waals surface area contributed by atoms with Gasteiger partial charge < -0.3 is 14.4 Å². The van der Waals surface area contributed by atoms with Gasteiger partial charge in [-0.05, 0) is 68.7 Å². The molecule has 0 unspecified atom stereocenters. The highest BCUT2D eigenvalue weighted by molar-refractivity contribution is 7.71. The molecule has 0 atom stereocenters. The van der Waals surface area contributed by atoms with Crippen molar-refractivity contribution in [3.8, 4) is 22.9 Å². The first kappa shape index (κ1) is 22.1. The number of aromatic nitrogens is 3. The van der Waals surface area contributed by atoms with Gasteiger partial charge in [-0.15, -0.1) is 0 Å². The van der Waals surface area contributed by atoms with Crippen molar-refractivity contribution in [3.63, 3.8) is 0 Å². The van der Waals surface area contributed by atoms with Crippen LogP contribution in [0.1, 0.15) is 30.5 Å². The summed E-state index contributed by atoms with van der Waals surface area (Å²) in [5.41, 5.74) is 4.34. The van der Waals surface area contributed by atoms with E-state index in [0.717, 1.165) is 34.6 Å². The second-order valence-corrected chi connectivity index (χ2v) is 8.19. The summed E-state index contributed by atoms with van der Waals surface area (Å²) in [6, 6.07) is 12.1. The van der Waals surface area contributed by atoms with E-state index < -0.39 is 0 Å². The van der Waals surface area contributed by atoms with Crippen molar-refractivity contribution < 1.29 is 14.3 Å². The van der Waals surface area contributed by atoms with E-state index in [9.17, 15) is 4.79 Å². The van der Waals surface area contributed by atoms with Gasteiger partial charge in [-0.1, -0.05) is 23.8 Å². The molecule has 1 aromatic heterocycles. The lowest BCUT2D eigenvalue weighted by molar-refractivity contribution is -0.132. The van der Waals surface area contributed by atoms with Crippen LogP contribution in [0.5, 0.6) is 11.5 Å². The van der Waals surface area contributed by atoms with Crippen molar-refractivity contribution in [1.82, 2.24) is 19.7 Å². The number of carbonyl (C=O) groups is 1. The number of hydrogen-bond acceptors (Lipinski definition) is 5. The molecular formula is C24H28N4O3S. The molecule has 2 heterocycles. The van der Waals surface area contributed by atoms with Gasteiger partial charge in [-0.2, -0.15) is 5.10 Å². The Kier molecular flexibility index (Phi) is 6.60. The quantitative estimate of drug-likeness (QED) is 0.541. The Balaban J connectivity index is 1.55. The number of aromatic amines is 1. The minimum Gasteiger partial charge on any atom is -0.490 e. The smallest absolute Gasteiger partial charge is 0.242 e. The molecular weight excluding hydrogens is 424 g/mol. The summed E-state index contributed by atoms with van der Waals surface area (Å²) in [5, 5.41) is 7.20. The van der Waals surface area contributed by atoms with Crippen molar-refractivity contribution in [3.05, 3.63) is 57.9 Å². The summed E-state index contributed by atoms with van der Waals surface area (Å²) in [7, 11) is 0. The van der Waals surface area contributed by atoms with Gasteiger partial charge in [-0.25, -0.2) is 0 Å². The van der Waals surface area contributed by atoms with Crippen LogP contribution in [-0.2, 0) is 24.3 Å². The van der Waals surface area contributed by atoms with E-state index in [1.807, 2.05) is 62.1 Å². The number of benzene rings is 2.